The van der Waals surface area contributed by atoms with Crippen molar-refractivity contribution in [1.82, 2.24) is 14.7 Å². The average Bonchev–Trinajstić information content (AvgIpc) is 2.99. The van der Waals surface area contributed by atoms with Gasteiger partial charge in [-0.25, -0.2) is 4.68 Å². The minimum absolute atomic E-state index is 0. The molecule has 0 bridgehead atoms. The first kappa shape index (κ1) is 20.4. The number of carbonyl (C=O) groups excluding carboxylic acids is 1. The number of fused-ring (bicyclic) bond motifs is 1. The maximum atomic E-state index is 13.1. The van der Waals surface area contributed by atoms with Gasteiger partial charge in [0.25, 0.3) is 11.5 Å². The number of hydrogen-bond acceptors (Lipinski definition) is 4. The molecular weight excluding hydrogens is 352 g/mol. The number of benzene rings is 1. The highest BCUT2D eigenvalue weighted by Gasteiger charge is 2.36. The second-order valence-electron chi connectivity index (χ2n) is 7.77. The SMILES string of the molecule is CC(C)Cn1nc(C(=O)N2CCC(C)(CN)C2)c2ccccc2c1=O.Cl. The monoisotopic (exact) mass is 378 g/mol. The molecule has 1 amide bonds. The van der Waals surface area contributed by atoms with Gasteiger partial charge >= 0.3 is 0 Å². The molecule has 2 N–H and O–H groups in total. The predicted molar refractivity (Wildman–Crippen MR) is 106 cm³/mol. The highest BCUT2D eigenvalue weighted by atomic mass is 35.5. The lowest BCUT2D eigenvalue weighted by Gasteiger charge is -2.23. The van der Waals surface area contributed by atoms with E-state index in [0.29, 0.717) is 42.6 Å². The highest BCUT2D eigenvalue weighted by molar-refractivity contribution is 6.04. The van der Waals surface area contributed by atoms with E-state index in [9.17, 15) is 9.59 Å². The molecule has 2 heterocycles. The van der Waals surface area contributed by atoms with Gasteiger partial charge in [0.15, 0.2) is 5.69 Å². The standard InChI is InChI=1S/C19H26N4O2.ClH/c1-13(2)10-23-17(24)15-7-5-4-6-14(15)16(21-23)18(25)22-9-8-19(3,11-20)12-22;/h4-7,13H,8-12,20H2,1-3H3;1H. The second-order valence-corrected chi connectivity index (χ2v) is 7.77. The zero-order valence-corrected chi connectivity index (χ0v) is 16.4. The topological polar surface area (TPSA) is 81.2 Å². The number of nitrogens with zero attached hydrogens (tertiary/aromatic N) is 3. The lowest BCUT2D eigenvalue weighted by molar-refractivity contribution is 0.0770. The fourth-order valence-corrected chi connectivity index (χ4v) is 3.38. The summed E-state index contributed by atoms with van der Waals surface area (Å²) in [6.45, 7) is 8.50. The van der Waals surface area contributed by atoms with Crippen molar-refractivity contribution in [2.24, 2.45) is 17.1 Å². The first-order valence-electron chi connectivity index (χ1n) is 8.84. The van der Waals surface area contributed by atoms with E-state index in [0.717, 1.165) is 6.42 Å². The van der Waals surface area contributed by atoms with Gasteiger partial charge in [0.1, 0.15) is 0 Å². The van der Waals surface area contributed by atoms with E-state index in [2.05, 4.69) is 12.0 Å². The minimum atomic E-state index is -0.144. The number of halogens is 1. The van der Waals surface area contributed by atoms with Crippen LogP contribution in [0.15, 0.2) is 29.1 Å². The van der Waals surface area contributed by atoms with Crippen LogP contribution in [0.1, 0.15) is 37.7 Å². The van der Waals surface area contributed by atoms with Crippen LogP contribution in [0.5, 0.6) is 0 Å². The largest absolute Gasteiger partial charge is 0.337 e. The molecule has 2 aromatic rings. The molecule has 1 unspecified atom stereocenters. The number of nitrogens with two attached hydrogens (primary N) is 1. The molecule has 1 atom stereocenters. The Balaban J connectivity index is 0.00000243. The van der Waals surface area contributed by atoms with Crippen molar-refractivity contribution >= 4 is 29.1 Å². The van der Waals surface area contributed by atoms with Gasteiger partial charge in [0.2, 0.25) is 0 Å². The average molecular weight is 379 g/mol. The van der Waals surface area contributed by atoms with Crippen LogP contribution in [0, 0.1) is 11.3 Å². The summed E-state index contributed by atoms with van der Waals surface area (Å²) in [5.41, 5.74) is 6.03. The molecule has 142 valence electrons. The number of aromatic nitrogens is 2. The molecule has 1 aromatic heterocycles. The molecule has 26 heavy (non-hydrogen) atoms. The van der Waals surface area contributed by atoms with E-state index in [1.807, 2.05) is 30.9 Å². The summed E-state index contributed by atoms with van der Waals surface area (Å²) in [5, 5.41) is 5.61. The summed E-state index contributed by atoms with van der Waals surface area (Å²) in [4.78, 5) is 27.6. The van der Waals surface area contributed by atoms with Crippen molar-refractivity contribution in [1.29, 1.82) is 0 Å². The summed E-state index contributed by atoms with van der Waals surface area (Å²) in [5.74, 6) is 0.146. The first-order valence-corrected chi connectivity index (χ1v) is 8.84. The zero-order chi connectivity index (χ0) is 18.2. The normalized spacial score (nSPS) is 19.8. The van der Waals surface area contributed by atoms with Crippen LogP contribution in [-0.4, -0.2) is 40.2 Å². The maximum Gasteiger partial charge on any atom is 0.274 e. The van der Waals surface area contributed by atoms with E-state index in [1.54, 1.807) is 12.1 Å². The molecule has 0 radical (unpaired) electrons. The Labute approximate surface area is 159 Å². The lowest BCUT2D eigenvalue weighted by Crippen LogP contribution is -2.36. The van der Waals surface area contributed by atoms with Gasteiger partial charge in [-0.15, -0.1) is 12.4 Å². The quantitative estimate of drug-likeness (QED) is 0.884. The number of carbonyl (C=O) groups is 1. The molecule has 0 spiro atoms. The molecule has 7 heteroatoms. The fourth-order valence-electron chi connectivity index (χ4n) is 3.38. The number of hydrogen-bond donors (Lipinski definition) is 1. The first-order chi connectivity index (χ1) is 11.8. The van der Waals surface area contributed by atoms with Crippen LogP contribution in [-0.2, 0) is 6.54 Å². The molecule has 1 saturated heterocycles. The van der Waals surface area contributed by atoms with Gasteiger partial charge in [-0.05, 0) is 30.4 Å². The van der Waals surface area contributed by atoms with Gasteiger partial charge < -0.3 is 10.6 Å². The zero-order valence-electron chi connectivity index (χ0n) is 15.6. The summed E-state index contributed by atoms with van der Waals surface area (Å²) in [6, 6.07) is 7.22. The fraction of sp³-hybridized carbons (Fsp3) is 0.526. The third-order valence-electron chi connectivity index (χ3n) is 4.95. The lowest BCUT2D eigenvalue weighted by atomic mass is 9.90. The van der Waals surface area contributed by atoms with E-state index in [1.165, 1.54) is 4.68 Å². The van der Waals surface area contributed by atoms with Crippen LogP contribution in [0.2, 0.25) is 0 Å². The van der Waals surface area contributed by atoms with Gasteiger partial charge in [0.05, 0.1) is 5.39 Å². The summed E-state index contributed by atoms with van der Waals surface area (Å²) in [6.07, 6.45) is 0.888. The predicted octanol–water partition coefficient (Wildman–Crippen LogP) is 2.29. The van der Waals surface area contributed by atoms with Crippen LogP contribution in [0.4, 0.5) is 0 Å². The molecule has 1 aliphatic rings. The second kappa shape index (κ2) is 7.76. The highest BCUT2D eigenvalue weighted by Crippen LogP contribution is 2.30. The molecule has 1 aliphatic heterocycles. The third-order valence-corrected chi connectivity index (χ3v) is 4.95. The van der Waals surface area contributed by atoms with E-state index in [4.69, 9.17) is 5.73 Å². The summed E-state index contributed by atoms with van der Waals surface area (Å²) >= 11 is 0. The van der Waals surface area contributed by atoms with Crippen LogP contribution >= 0.6 is 12.4 Å². The maximum absolute atomic E-state index is 13.1. The Morgan fingerprint density at radius 3 is 2.54 bits per heavy atom. The number of amides is 1. The van der Waals surface area contributed by atoms with Crippen LogP contribution in [0.25, 0.3) is 10.8 Å². The van der Waals surface area contributed by atoms with Crippen molar-refractivity contribution in [2.45, 2.75) is 33.7 Å². The summed E-state index contributed by atoms with van der Waals surface area (Å²) < 4.78 is 1.43. The van der Waals surface area contributed by atoms with E-state index >= 15 is 0 Å². The van der Waals surface area contributed by atoms with E-state index in [-0.39, 0.29) is 35.2 Å². The minimum Gasteiger partial charge on any atom is -0.337 e. The molecule has 0 saturated carbocycles. The third kappa shape index (κ3) is 3.76. The Kier molecular flexibility index (Phi) is 6.09. The van der Waals surface area contributed by atoms with Gasteiger partial charge in [-0.1, -0.05) is 39.0 Å². The van der Waals surface area contributed by atoms with E-state index < -0.39 is 0 Å². The Morgan fingerprint density at radius 2 is 1.96 bits per heavy atom. The Morgan fingerprint density at radius 1 is 1.31 bits per heavy atom. The molecule has 1 fully saturated rings. The van der Waals surface area contributed by atoms with Gasteiger partial charge in [-0.2, -0.15) is 5.10 Å². The van der Waals surface area contributed by atoms with Crippen LogP contribution in [0.3, 0.4) is 0 Å². The van der Waals surface area contributed by atoms with Crippen molar-refractivity contribution in [3.63, 3.8) is 0 Å². The van der Waals surface area contributed by atoms with Gasteiger partial charge in [0, 0.05) is 25.0 Å². The smallest absolute Gasteiger partial charge is 0.274 e. The van der Waals surface area contributed by atoms with Crippen molar-refractivity contribution in [3.8, 4) is 0 Å². The molecule has 1 aromatic carbocycles. The Bertz CT molecular complexity index is 864. The number of likely N-dealkylation sites (tertiary alicyclic amines) is 1. The van der Waals surface area contributed by atoms with Crippen LogP contribution < -0.4 is 11.3 Å². The molecular formula is C19H27ClN4O2. The summed E-state index contributed by atoms with van der Waals surface area (Å²) in [7, 11) is 0. The molecule has 0 aliphatic carbocycles. The van der Waals surface area contributed by atoms with Crippen molar-refractivity contribution < 1.29 is 4.79 Å². The van der Waals surface area contributed by atoms with Crippen molar-refractivity contribution in [2.75, 3.05) is 19.6 Å². The Hall–Kier alpha value is -1.92. The van der Waals surface area contributed by atoms with Gasteiger partial charge in [-0.3, -0.25) is 9.59 Å². The number of rotatable bonds is 4. The molecule has 6 nitrogen and oxygen atoms in total. The molecule has 3 rings (SSSR count). The van der Waals surface area contributed by atoms with Crippen molar-refractivity contribution in [3.05, 3.63) is 40.3 Å².